The van der Waals surface area contributed by atoms with Gasteiger partial charge in [-0.05, 0) is 12.0 Å². The van der Waals surface area contributed by atoms with Crippen molar-refractivity contribution in [3.8, 4) is 0 Å². The Kier molecular flexibility index (Phi) is 4.02. The van der Waals surface area contributed by atoms with Crippen LogP contribution in [0.1, 0.15) is 24.4 Å². The van der Waals surface area contributed by atoms with E-state index >= 15 is 0 Å². The Bertz CT molecular complexity index is 529. The van der Waals surface area contributed by atoms with Crippen LogP contribution in [-0.4, -0.2) is 40.9 Å². The van der Waals surface area contributed by atoms with Crippen molar-refractivity contribution in [2.45, 2.75) is 24.9 Å². The lowest BCUT2D eigenvalue weighted by molar-refractivity contribution is -0.143. The van der Waals surface area contributed by atoms with Gasteiger partial charge >= 0.3 is 5.97 Å². The Morgan fingerprint density at radius 2 is 2.00 bits per heavy atom. The maximum absolute atomic E-state index is 12.1. The normalized spacial score (nSPS) is 19.8. The SMILES string of the molecule is CN1C(=O)CCC1C(=O)N[C@@H](C(=O)O)c1ccccc1. The number of hydrogen-bond donors (Lipinski definition) is 2. The first-order chi connectivity index (χ1) is 9.50. The van der Waals surface area contributed by atoms with Gasteiger partial charge < -0.3 is 15.3 Å². The topological polar surface area (TPSA) is 86.7 Å². The van der Waals surface area contributed by atoms with Crippen LogP contribution in [0.5, 0.6) is 0 Å². The van der Waals surface area contributed by atoms with Crippen molar-refractivity contribution in [3.05, 3.63) is 35.9 Å². The quantitative estimate of drug-likeness (QED) is 0.840. The highest BCUT2D eigenvalue weighted by Gasteiger charge is 2.35. The lowest BCUT2D eigenvalue weighted by atomic mass is 10.1. The van der Waals surface area contributed by atoms with E-state index in [2.05, 4.69) is 5.32 Å². The molecule has 1 fully saturated rings. The minimum atomic E-state index is -1.13. The van der Waals surface area contributed by atoms with Gasteiger partial charge in [0.2, 0.25) is 11.8 Å². The number of aliphatic carboxylic acids is 1. The Morgan fingerprint density at radius 1 is 1.35 bits per heavy atom. The summed E-state index contributed by atoms with van der Waals surface area (Å²) in [6, 6.07) is 6.78. The van der Waals surface area contributed by atoms with Gasteiger partial charge in [0.1, 0.15) is 6.04 Å². The van der Waals surface area contributed by atoms with Gasteiger partial charge in [0.05, 0.1) is 0 Å². The standard InChI is InChI=1S/C14H16N2O4/c1-16-10(7-8-11(16)17)13(18)15-12(14(19)20)9-5-3-2-4-6-9/h2-6,10,12H,7-8H2,1H3,(H,15,18)(H,19,20)/t10?,12-/m1/s1. The molecule has 0 saturated carbocycles. The number of nitrogens with one attached hydrogen (secondary N) is 1. The summed E-state index contributed by atoms with van der Waals surface area (Å²) in [5, 5.41) is 11.7. The van der Waals surface area contributed by atoms with Crippen molar-refractivity contribution >= 4 is 17.8 Å². The number of carboxylic acid groups (broad SMARTS) is 1. The Balaban J connectivity index is 2.12. The summed E-state index contributed by atoms with van der Waals surface area (Å²) in [6.07, 6.45) is 0.736. The minimum absolute atomic E-state index is 0.100. The van der Waals surface area contributed by atoms with Crippen LogP contribution in [0.15, 0.2) is 30.3 Å². The van der Waals surface area contributed by atoms with E-state index < -0.39 is 24.0 Å². The number of benzene rings is 1. The van der Waals surface area contributed by atoms with Gasteiger partial charge in [-0.2, -0.15) is 0 Å². The summed E-state index contributed by atoms with van der Waals surface area (Å²) in [7, 11) is 1.55. The average Bonchev–Trinajstić information content (AvgIpc) is 2.77. The second-order valence-corrected chi connectivity index (χ2v) is 4.75. The molecule has 1 aromatic carbocycles. The summed E-state index contributed by atoms with van der Waals surface area (Å²) < 4.78 is 0. The first kappa shape index (κ1) is 14.0. The van der Waals surface area contributed by atoms with E-state index in [-0.39, 0.29) is 5.91 Å². The predicted molar refractivity (Wildman–Crippen MR) is 70.8 cm³/mol. The molecule has 0 aliphatic carbocycles. The van der Waals surface area contributed by atoms with E-state index in [4.69, 9.17) is 0 Å². The van der Waals surface area contributed by atoms with Gasteiger partial charge in [-0.15, -0.1) is 0 Å². The third-order valence-electron chi connectivity index (χ3n) is 3.46. The second kappa shape index (κ2) is 5.73. The summed E-state index contributed by atoms with van der Waals surface area (Å²) >= 11 is 0. The molecule has 20 heavy (non-hydrogen) atoms. The molecule has 1 saturated heterocycles. The summed E-state index contributed by atoms with van der Waals surface area (Å²) in [5.41, 5.74) is 0.500. The zero-order valence-electron chi connectivity index (χ0n) is 11.1. The maximum Gasteiger partial charge on any atom is 0.330 e. The number of likely N-dealkylation sites (N-methyl/N-ethyl adjacent to an activating group) is 1. The smallest absolute Gasteiger partial charge is 0.330 e. The highest BCUT2D eigenvalue weighted by atomic mass is 16.4. The fourth-order valence-corrected chi connectivity index (χ4v) is 2.28. The number of hydrogen-bond acceptors (Lipinski definition) is 3. The van der Waals surface area contributed by atoms with E-state index in [0.717, 1.165) is 0 Å². The Morgan fingerprint density at radius 3 is 2.50 bits per heavy atom. The molecule has 0 radical (unpaired) electrons. The van der Waals surface area contributed by atoms with Crippen LogP contribution in [0.25, 0.3) is 0 Å². The van der Waals surface area contributed by atoms with Gasteiger partial charge in [0.25, 0.3) is 0 Å². The maximum atomic E-state index is 12.1. The summed E-state index contributed by atoms with van der Waals surface area (Å²) in [6.45, 7) is 0. The van der Waals surface area contributed by atoms with Crippen LogP contribution in [0, 0.1) is 0 Å². The molecule has 0 aromatic heterocycles. The first-order valence-corrected chi connectivity index (χ1v) is 6.34. The second-order valence-electron chi connectivity index (χ2n) is 4.75. The van der Waals surface area contributed by atoms with E-state index in [1.807, 2.05) is 0 Å². The van der Waals surface area contributed by atoms with Gasteiger partial charge in [-0.25, -0.2) is 4.79 Å². The predicted octanol–water partition coefficient (Wildman–Crippen LogP) is 0.549. The summed E-state index contributed by atoms with van der Waals surface area (Å²) in [5.74, 6) is -1.66. The van der Waals surface area contributed by atoms with Crippen LogP contribution in [0.4, 0.5) is 0 Å². The van der Waals surface area contributed by atoms with Gasteiger partial charge in [-0.1, -0.05) is 30.3 Å². The lowest BCUT2D eigenvalue weighted by Gasteiger charge is -2.22. The van der Waals surface area contributed by atoms with Gasteiger partial charge in [0.15, 0.2) is 6.04 Å². The van der Waals surface area contributed by atoms with Crippen LogP contribution in [0.2, 0.25) is 0 Å². The third-order valence-corrected chi connectivity index (χ3v) is 3.46. The zero-order valence-corrected chi connectivity index (χ0v) is 11.1. The number of carbonyl (C=O) groups is 3. The molecule has 0 bridgehead atoms. The Hall–Kier alpha value is -2.37. The molecule has 2 atom stereocenters. The van der Waals surface area contributed by atoms with Crippen LogP contribution >= 0.6 is 0 Å². The molecule has 1 aliphatic rings. The third kappa shape index (κ3) is 2.79. The molecule has 0 spiro atoms. The minimum Gasteiger partial charge on any atom is -0.479 e. The highest BCUT2D eigenvalue weighted by Crippen LogP contribution is 2.19. The molecule has 1 unspecified atom stereocenters. The van der Waals surface area contributed by atoms with Crippen molar-refractivity contribution in [2.24, 2.45) is 0 Å². The number of nitrogens with zero attached hydrogens (tertiary/aromatic N) is 1. The van der Waals surface area contributed by atoms with Crippen molar-refractivity contribution in [1.29, 1.82) is 0 Å². The van der Waals surface area contributed by atoms with E-state index in [0.29, 0.717) is 18.4 Å². The monoisotopic (exact) mass is 276 g/mol. The molecule has 2 amide bonds. The summed E-state index contributed by atoms with van der Waals surface area (Å²) in [4.78, 5) is 36.2. The lowest BCUT2D eigenvalue weighted by Crippen LogP contribution is -2.45. The van der Waals surface area contributed by atoms with Crippen LogP contribution in [0.3, 0.4) is 0 Å². The molecule has 2 N–H and O–H groups in total. The zero-order chi connectivity index (χ0) is 14.7. The molecule has 1 heterocycles. The van der Waals surface area contributed by atoms with Crippen molar-refractivity contribution in [2.75, 3.05) is 7.05 Å². The molecule has 6 nitrogen and oxygen atoms in total. The number of likely N-dealkylation sites (tertiary alicyclic amines) is 1. The van der Waals surface area contributed by atoms with Gasteiger partial charge in [0, 0.05) is 13.5 Å². The fourth-order valence-electron chi connectivity index (χ4n) is 2.28. The number of carboxylic acids is 1. The van der Waals surface area contributed by atoms with Crippen molar-refractivity contribution < 1.29 is 19.5 Å². The first-order valence-electron chi connectivity index (χ1n) is 6.34. The Labute approximate surface area is 116 Å². The van der Waals surface area contributed by atoms with E-state index in [1.54, 1.807) is 37.4 Å². The molecule has 1 aliphatic heterocycles. The fraction of sp³-hybridized carbons (Fsp3) is 0.357. The molecule has 1 aromatic rings. The number of carbonyl (C=O) groups excluding carboxylic acids is 2. The largest absolute Gasteiger partial charge is 0.479 e. The number of rotatable bonds is 4. The van der Waals surface area contributed by atoms with E-state index in [9.17, 15) is 19.5 Å². The van der Waals surface area contributed by atoms with E-state index in [1.165, 1.54) is 4.90 Å². The average molecular weight is 276 g/mol. The molecule has 2 rings (SSSR count). The molecule has 6 heteroatoms. The number of amides is 2. The van der Waals surface area contributed by atoms with Crippen molar-refractivity contribution in [1.82, 2.24) is 10.2 Å². The van der Waals surface area contributed by atoms with Crippen LogP contribution in [-0.2, 0) is 14.4 Å². The molecular formula is C14H16N2O4. The molecule has 106 valence electrons. The van der Waals surface area contributed by atoms with Gasteiger partial charge in [-0.3, -0.25) is 9.59 Å². The highest BCUT2D eigenvalue weighted by molar-refractivity contribution is 5.93. The van der Waals surface area contributed by atoms with Crippen LogP contribution < -0.4 is 5.32 Å². The van der Waals surface area contributed by atoms with Crippen molar-refractivity contribution in [3.63, 3.8) is 0 Å². The molecular weight excluding hydrogens is 260 g/mol.